The molecule has 0 heterocycles. The summed E-state index contributed by atoms with van der Waals surface area (Å²) in [7, 11) is 0. The highest BCUT2D eigenvalue weighted by Crippen LogP contribution is 2.34. The van der Waals surface area contributed by atoms with Crippen molar-refractivity contribution >= 4 is 11.8 Å². The Labute approximate surface area is 186 Å². The van der Waals surface area contributed by atoms with E-state index in [2.05, 4.69) is 118 Å². The van der Waals surface area contributed by atoms with Gasteiger partial charge in [-0.3, -0.25) is 0 Å². The molecule has 0 aliphatic carbocycles. The van der Waals surface area contributed by atoms with Crippen LogP contribution in [0.3, 0.4) is 0 Å². The molecule has 0 saturated heterocycles. The number of hydrogen-bond donors (Lipinski definition) is 1. The average Bonchev–Trinajstić information content (AvgIpc) is 2.73. The molecule has 3 aromatic carbocycles. The molecule has 0 saturated carbocycles. The lowest BCUT2D eigenvalue weighted by Gasteiger charge is -2.23. The van der Waals surface area contributed by atoms with Crippen LogP contribution in [0.25, 0.3) is 0 Å². The van der Waals surface area contributed by atoms with Crippen molar-refractivity contribution in [2.45, 2.75) is 50.3 Å². The van der Waals surface area contributed by atoms with Crippen LogP contribution >= 0.6 is 11.8 Å². The third kappa shape index (κ3) is 7.42. The number of rotatable bonds is 9. The minimum absolute atomic E-state index is 0.138. The largest absolute Gasteiger partial charge is 0.373 e. The van der Waals surface area contributed by atoms with Gasteiger partial charge in [-0.25, -0.2) is 0 Å². The van der Waals surface area contributed by atoms with Gasteiger partial charge in [0.2, 0.25) is 0 Å². The maximum atomic E-state index is 4.32. The third-order valence-electron chi connectivity index (χ3n) is 4.91. The van der Waals surface area contributed by atoms with E-state index >= 15 is 0 Å². The Hall–Kier alpha value is -2.45. The van der Waals surface area contributed by atoms with Gasteiger partial charge in [0.25, 0.3) is 0 Å². The van der Waals surface area contributed by atoms with E-state index in [0.717, 1.165) is 25.0 Å². The molecule has 3 aromatic rings. The van der Waals surface area contributed by atoms with Crippen molar-refractivity contribution in [3.8, 4) is 0 Å². The Morgan fingerprint density at radius 2 is 1.43 bits per heavy atom. The molecule has 2 heteroatoms. The number of hydrogen-bond acceptors (Lipinski definition) is 2. The van der Waals surface area contributed by atoms with Crippen molar-refractivity contribution in [3.05, 3.63) is 114 Å². The van der Waals surface area contributed by atoms with E-state index in [1.165, 1.54) is 21.6 Å². The zero-order valence-corrected chi connectivity index (χ0v) is 19.2. The maximum Gasteiger partial charge on any atom is 0.102 e. The van der Waals surface area contributed by atoms with Gasteiger partial charge >= 0.3 is 0 Å². The van der Waals surface area contributed by atoms with Crippen LogP contribution in [0.15, 0.2) is 102 Å². The summed E-state index contributed by atoms with van der Waals surface area (Å²) in [6, 6.07) is 30.3. The number of thioether (sulfide) groups is 1. The smallest absolute Gasteiger partial charge is 0.102 e. The first kappa shape index (κ1) is 22.2. The van der Waals surface area contributed by atoms with E-state index in [9.17, 15) is 0 Å². The molecule has 0 radical (unpaired) electrons. The highest BCUT2D eigenvalue weighted by molar-refractivity contribution is 7.99. The second kappa shape index (κ2) is 10.5. The van der Waals surface area contributed by atoms with E-state index in [1.807, 2.05) is 11.8 Å². The maximum absolute atomic E-state index is 4.32. The molecular formula is C28H33NS. The van der Waals surface area contributed by atoms with Crippen LogP contribution in [0.5, 0.6) is 0 Å². The Kier molecular flexibility index (Phi) is 7.81. The first-order valence-electron chi connectivity index (χ1n) is 10.7. The molecule has 1 N–H and O–H groups in total. The van der Waals surface area contributed by atoms with E-state index in [0.29, 0.717) is 5.41 Å². The zero-order chi connectivity index (χ0) is 21.4. The molecule has 0 spiro atoms. The van der Waals surface area contributed by atoms with Gasteiger partial charge in [0, 0.05) is 10.6 Å². The zero-order valence-electron chi connectivity index (χ0n) is 18.4. The highest BCUT2D eigenvalue weighted by Gasteiger charge is 2.16. The fourth-order valence-electron chi connectivity index (χ4n) is 3.44. The molecule has 0 bridgehead atoms. The molecule has 0 aliphatic rings. The molecule has 3 rings (SSSR count). The summed E-state index contributed by atoms with van der Waals surface area (Å²) >= 11 is 1.84. The van der Waals surface area contributed by atoms with Crippen molar-refractivity contribution in [2.24, 2.45) is 5.41 Å². The van der Waals surface area contributed by atoms with Crippen molar-refractivity contribution in [2.75, 3.05) is 0 Å². The average molecular weight is 416 g/mol. The molecule has 0 fully saturated rings. The monoisotopic (exact) mass is 415 g/mol. The lowest BCUT2D eigenvalue weighted by atomic mass is 9.88. The summed E-state index contributed by atoms with van der Waals surface area (Å²) in [6.45, 7) is 11.2. The summed E-state index contributed by atoms with van der Waals surface area (Å²) in [5.41, 5.74) is 5.38. The molecule has 0 aliphatic heterocycles. The van der Waals surface area contributed by atoms with E-state index in [4.69, 9.17) is 0 Å². The molecular weight excluding hydrogens is 382 g/mol. The quantitative estimate of drug-likeness (QED) is 0.282. The number of benzene rings is 3. The molecule has 30 heavy (non-hydrogen) atoms. The van der Waals surface area contributed by atoms with Crippen molar-refractivity contribution < 1.29 is 0 Å². The number of aryl methyl sites for hydroxylation is 1. The second-order valence-corrected chi connectivity index (χ2v) is 10.2. The predicted molar refractivity (Wildman–Crippen MR) is 132 cm³/mol. The Morgan fingerprint density at radius 3 is 2.03 bits per heavy atom. The fraction of sp³-hybridized carbons (Fsp3) is 0.286. The SMILES string of the molecule is C=C(CCc1ccccc1)NC(Sc1ccccc1)c1ccc(CC(C)(C)C)cc1. The normalized spacial score (nSPS) is 12.4. The Balaban J connectivity index is 1.70. The minimum Gasteiger partial charge on any atom is -0.373 e. The van der Waals surface area contributed by atoms with Gasteiger partial charge in [0.15, 0.2) is 0 Å². The first-order chi connectivity index (χ1) is 14.4. The van der Waals surface area contributed by atoms with Crippen LogP contribution < -0.4 is 5.32 Å². The van der Waals surface area contributed by atoms with Crippen LogP contribution in [-0.4, -0.2) is 0 Å². The van der Waals surface area contributed by atoms with Gasteiger partial charge in [-0.05, 0) is 53.5 Å². The first-order valence-corrected chi connectivity index (χ1v) is 11.6. The van der Waals surface area contributed by atoms with Gasteiger partial charge in [-0.1, -0.05) is 112 Å². The summed E-state index contributed by atoms with van der Waals surface area (Å²) in [6.07, 6.45) is 3.01. The Bertz CT molecular complexity index is 908. The fourth-order valence-corrected chi connectivity index (χ4v) is 4.54. The van der Waals surface area contributed by atoms with Gasteiger partial charge in [-0.2, -0.15) is 0 Å². The lowest BCUT2D eigenvalue weighted by Crippen LogP contribution is -2.18. The predicted octanol–water partition coefficient (Wildman–Crippen LogP) is 7.80. The molecule has 0 aromatic heterocycles. The Morgan fingerprint density at radius 1 is 0.833 bits per heavy atom. The topological polar surface area (TPSA) is 12.0 Å². The van der Waals surface area contributed by atoms with E-state index in [1.54, 1.807) is 0 Å². The molecule has 0 amide bonds. The summed E-state index contributed by atoms with van der Waals surface area (Å²) < 4.78 is 0. The van der Waals surface area contributed by atoms with E-state index < -0.39 is 0 Å². The van der Waals surface area contributed by atoms with Crippen molar-refractivity contribution in [3.63, 3.8) is 0 Å². The lowest BCUT2D eigenvalue weighted by molar-refractivity contribution is 0.411. The molecule has 1 nitrogen and oxygen atoms in total. The summed E-state index contributed by atoms with van der Waals surface area (Å²) in [5.74, 6) is 0. The molecule has 156 valence electrons. The summed E-state index contributed by atoms with van der Waals surface area (Å²) in [4.78, 5) is 1.25. The van der Waals surface area contributed by atoms with Crippen molar-refractivity contribution in [1.82, 2.24) is 5.32 Å². The van der Waals surface area contributed by atoms with Gasteiger partial charge in [0.05, 0.1) is 0 Å². The van der Waals surface area contributed by atoms with Crippen LogP contribution in [0.4, 0.5) is 0 Å². The number of allylic oxidation sites excluding steroid dienone is 1. The standard InChI is InChI=1S/C28H33NS/c1-22(15-16-23-11-7-5-8-12-23)29-27(30-26-13-9-6-10-14-26)25-19-17-24(18-20-25)21-28(2,3)4/h5-14,17-20,27,29H,1,15-16,21H2,2-4H3. The van der Waals surface area contributed by atoms with Gasteiger partial charge in [-0.15, -0.1) is 0 Å². The van der Waals surface area contributed by atoms with Crippen LogP contribution in [0, 0.1) is 5.41 Å². The number of nitrogens with one attached hydrogen (secondary N) is 1. The van der Waals surface area contributed by atoms with E-state index in [-0.39, 0.29) is 5.37 Å². The summed E-state index contributed by atoms with van der Waals surface area (Å²) in [5, 5.41) is 3.83. The minimum atomic E-state index is 0.138. The second-order valence-electron chi connectivity index (χ2n) is 9.02. The molecule has 1 atom stereocenters. The van der Waals surface area contributed by atoms with Crippen LogP contribution in [-0.2, 0) is 12.8 Å². The third-order valence-corrected chi connectivity index (χ3v) is 6.08. The van der Waals surface area contributed by atoms with Gasteiger partial charge < -0.3 is 5.32 Å². The highest BCUT2D eigenvalue weighted by atomic mass is 32.2. The van der Waals surface area contributed by atoms with Crippen LogP contribution in [0.1, 0.15) is 49.3 Å². The van der Waals surface area contributed by atoms with Gasteiger partial charge in [0.1, 0.15) is 5.37 Å². The van der Waals surface area contributed by atoms with Crippen molar-refractivity contribution in [1.29, 1.82) is 0 Å². The molecule has 1 unspecified atom stereocenters. The van der Waals surface area contributed by atoms with Crippen LogP contribution in [0.2, 0.25) is 0 Å².